The molecule has 8 heteroatoms. The summed E-state index contributed by atoms with van der Waals surface area (Å²) in [5.74, 6) is 0.225. The Morgan fingerprint density at radius 3 is 3.08 bits per heavy atom. The predicted molar refractivity (Wildman–Crippen MR) is 96.6 cm³/mol. The number of aromatic nitrogens is 4. The van der Waals surface area contributed by atoms with Gasteiger partial charge in [0.25, 0.3) is 5.91 Å². The molecule has 0 saturated carbocycles. The van der Waals surface area contributed by atoms with Crippen LogP contribution in [0.4, 0.5) is 0 Å². The van der Waals surface area contributed by atoms with Crippen LogP contribution >= 0.6 is 11.3 Å². The highest BCUT2D eigenvalue weighted by Crippen LogP contribution is 2.33. The van der Waals surface area contributed by atoms with Gasteiger partial charge in [-0.2, -0.15) is 0 Å². The summed E-state index contributed by atoms with van der Waals surface area (Å²) in [6.07, 6.45) is 3.71. The standard InChI is InChI=1S/C17H20N6OS/c18-7-9-23-11-14(20-21-23)17(24)22-8-3-4-12(10-22)16-19-13-5-1-2-6-15(13)25-16/h1-2,5-6,11-12H,3-4,7-10,18H2. The van der Waals surface area contributed by atoms with Gasteiger partial charge in [0.2, 0.25) is 0 Å². The van der Waals surface area contributed by atoms with Crippen LogP contribution in [0.15, 0.2) is 30.5 Å². The fourth-order valence-corrected chi connectivity index (χ4v) is 4.32. The summed E-state index contributed by atoms with van der Waals surface area (Å²) in [6.45, 7) is 2.47. The van der Waals surface area contributed by atoms with Crippen molar-refractivity contribution in [2.75, 3.05) is 19.6 Å². The van der Waals surface area contributed by atoms with Crippen LogP contribution in [0.5, 0.6) is 0 Å². The molecular formula is C17H20N6OS. The molecule has 7 nitrogen and oxygen atoms in total. The molecule has 0 radical (unpaired) electrons. The van der Waals surface area contributed by atoms with Crippen LogP contribution in [0.2, 0.25) is 0 Å². The molecule has 3 heterocycles. The van der Waals surface area contributed by atoms with Crippen molar-refractivity contribution in [3.05, 3.63) is 41.2 Å². The number of piperidine rings is 1. The van der Waals surface area contributed by atoms with E-state index in [1.54, 1.807) is 22.2 Å². The molecule has 1 amide bonds. The maximum absolute atomic E-state index is 12.7. The van der Waals surface area contributed by atoms with Gasteiger partial charge in [-0.15, -0.1) is 16.4 Å². The minimum atomic E-state index is -0.0610. The topological polar surface area (TPSA) is 89.9 Å². The lowest BCUT2D eigenvalue weighted by atomic mass is 9.98. The molecule has 0 bridgehead atoms. The Bertz CT molecular complexity index is 855. The molecule has 1 aliphatic rings. The van der Waals surface area contributed by atoms with E-state index < -0.39 is 0 Å². The largest absolute Gasteiger partial charge is 0.337 e. The normalized spacial score (nSPS) is 18.0. The van der Waals surface area contributed by atoms with E-state index in [-0.39, 0.29) is 11.8 Å². The zero-order valence-corrected chi connectivity index (χ0v) is 14.7. The third-order valence-electron chi connectivity index (χ3n) is 4.48. The molecule has 1 unspecified atom stereocenters. The Morgan fingerprint density at radius 1 is 1.36 bits per heavy atom. The van der Waals surface area contributed by atoms with E-state index in [1.165, 1.54) is 4.70 Å². The Balaban J connectivity index is 1.50. The Hall–Kier alpha value is -2.32. The minimum Gasteiger partial charge on any atom is -0.337 e. The molecule has 0 aliphatic carbocycles. The second-order valence-corrected chi connectivity index (χ2v) is 7.33. The summed E-state index contributed by atoms with van der Waals surface area (Å²) in [4.78, 5) is 19.4. The predicted octanol–water partition coefficient (Wildman–Crippen LogP) is 1.87. The molecule has 130 valence electrons. The van der Waals surface area contributed by atoms with Crippen molar-refractivity contribution >= 4 is 27.5 Å². The second kappa shape index (κ2) is 6.89. The fourth-order valence-electron chi connectivity index (χ4n) is 3.23. The van der Waals surface area contributed by atoms with E-state index in [4.69, 9.17) is 10.7 Å². The van der Waals surface area contributed by atoms with Gasteiger partial charge in [0.05, 0.1) is 28.0 Å². The Labute approximate surface area is 149 Å². The van der Waals surface area contributed by atoms with Crippen molar-refractivity contribution in [1.82, 2.24) is 24.9 Å². The smallest absolute Gasteiger partial charge is 0.276 e. The van der Waals surface area contributed by atoms with E-state index in [1.807, 2.05) is 23.1 Å². The lowest BCUT2D eigenvalue weighted by molar-refractivity contribution is 0.0701. The molecule has 0 spiro atoms. The van der Waals surface area contributed by atoms with Gasteiger partial charge in [-0.3, -0.25) is 9.48 Å². The van der Waals surface area contributed by atoms with E-state index >= 15 is 0 Å². The van der Waals surface area contributed by atoms with Crippen molar-refractivity contribution in [2.45, 2.75) is 25.3 Å². The lowest BCUT2D eigenvalue weighted by Crippen LogP contribution is -2.39. The zero-order chi connectivity index (χ0) is 17.2. The molecule has 1 aromatic carbocycles. The van der Waals surface area contributed by atoms with E-state index in [9.17, 15) is 4.79 Å². The molecular weight excluding hydrogens is 336 g/mol. The van der Waals surface area contributed by atoms with Gasteiger partial charge in [-0.25, -0.2) is 4.98 Å². The second-order valence-electron chi connectivity index (χ2n) is 6.27. The quantitative estimate of drug-likeness (QED) is 0.771. The number of hydrogen-bond acceptors (Lipinski definition) is 6. The number of fused-ring (bicyclic) bond motifs is 1. The minimum absolute atomic E-state index is 0.0610. The van der Waals surface area contributed by atoms with E-state index in [0.29, 0.717) is 25.3 Å². The Kier molecular flexibility index (Phi) is 4.46. The molecule has 3 aromatic rings. The van der Waals surface area contributed by atoms with Gasteiger partial charge in [0.1, 0.15) is 0 Å². The highest BCUT2D eigenvalue weighted by Gasteiger charge is 2.28. The van der Waals surface area contributed by atoms with Crippen LogP contribution in [-0.2, 0) is 6.54 Å². The molecule has 1 aliphatic heterocycles. The first-order valence-corrected chi connectivity index (χ1v) is 9.31. The number of carbonyl (C=O) groups is 1. The molecule has 1 fully saturated rings. The number of para-hydroxylation sites is 1. The first-order chi connectivity index (χ1) is 12.2. The van der Waals surface area contributed by atoms with Crippen LogP contribution in [0, 0.1) is 0 Å². The number of nitrogens with two attached hydrogens (primary N) is 1. The average molecular weight is 356 g/mol. The van der Waals surface area contributed by atoms with Gasteiger partial charge in [-0.1, -0.05) is 17.3 Å². The molecule has 1 saturated heterocycles. The fraction of sp³-hybridized carbons (Fsp3) is 0.412. The monoisotopic (exact) mass is 356 g/mol. The Morgan fingerprint density at radius 2 is 2.24 bits per heavy atom. The van der Waals surface area contributed by atoms with Crippen LogP contribution in [0.25, 0.3) is 10.2 Å². The van der Waals surface area contributed by atoms with Gasteiger partial charge in [-0.05, 0) is 25.0 Å². The lowest BCUT2D eigenvalue weighted by Gasteiger charge is -2.31. The van der Waals surface area contributed by atoms with Crippen LogP contribution < -0.4 is 5.73 Å². The number of nitrogens with zero attached hydrogens (tertiary/aromatic N) is 5. The summed E-state index contributed by atoms with van der Waals surface area (Å²) in [7, 11) is 0. The van der Waals surface area contributed by atoms with Crippen molar-refractivity contribution in [3.8, 4) is 0 Å². The van der Waals surface area contributed by atoms with Crippen LogP contribution in [-0.4, -0.2) is 50.4 Å². The van der Waals surface area contributed by atoms with Crippen molar-refractivity contribution in [3.63, 3.8) is 0 Å². The maximum Gasteiger partial charge on any atom is 0.276 e. The number of hydrogen-bond donors (Lipinski definition) is 1. The number of rotatable bonds is 4. The van der Waals surface area contributed by atoms with Crippen molar-refractivity contribution in [1.29, 1.82) is 0 Å². The average Bonchev–Trinajstić information content (AvgIpc) is 3.28. The third kappa shape index (κ3) is 3.27. The van der Waals surface area contributed by atoms with Gasteiger partial charge >= 0.3 is 0 Å². The zero-order valence-electron chi connectivity index (χ0n) is 13.8. The number of likely N-dealkylation sites (tertiary alicyclic amines) is 1. The highest BCUT2D eigenvalue weighted by atomic mass is 32.1. The number of benzene rings is 1. The number of thiazole rings is 1. The maximum atomic E-state index is 12.7. The molecule has 4 rings (SSSR count). The summed E-state index contributed by atoms with van der Waals surface area (Å²) in [5, 5.41) is 9.07. The van der Waals surface area contributed by atoms with Crippen molar-refractivity contribution < 1.29 is 4.79 Å². The number of carbonyl (C=O) groups excluding carboxylic acids is 1. The van der Waals surface area contributed by atoms with E-state index in [0.717, 1.165) is 29.9 Å². The summed E-state index contributed by atoms with van der Waals surface area (Å²) in [6, 6.07) is 8.17. The molecule has 2 N–H and O–H groups in total. The molecule has 25 heavy (non-hydrogen) atoms. The summed E-state index contributed by atoms with van der Waals surface area (Å²) < 4.78 is 2.81. The van der Waals surface area contributed by atoms with Gasteiger partial charge in [0.15, 0.2) is 5.69 Å². The molecule has 2 aromatic heterocycles. The van der Waals surface area contributed by atoms with Gasteiger partial charge in [0, 0.05) is 25.6 Å². The van der Waals surface area contributed by atoms with Crippen molar-refractivity contribution in [2.24, 2.45) is 5.73 Å². The SMILES string of the molecule is NCCn1cc(C(=O)N2CCCC(c3nc4ccccc4s3)C2)nn1. The molecule has 1 atom stereocenters. The summed E-state index contributed by atoms with van der Waals surface area (Å²) >= 11 is 1.73. The van der Waals surface area contributed by atoms with Gasteiger partial charge < -0.3 is 10.6 Å². The highest BCUT2D eigenvalue weighted by molar-refractivity contribution is 7.18. The summed E-state index contributed by atoms with van der Waals surface area (Å²) in [5.41, 5.74) is 6.94. The van der Waals surface area contributed by atoms with Crippen LogP contribution in [0.3, 0.4) is 0 Å². The third-order valence-corrected chi connectivity index (χ3v) is 5.68. The first kappa shape index (κ1) is 16.2. The van der Waals surface area contributed by atoms with E-state index in [2.05, 4.69) is 16.4 Å². The van der Waals surface area contributed by atoms with Crippen LogP contribution in [0.1, 0.15) is 34.3 Å². The number of amides is 1. The first-order valence-electron chi connectivity index (χ1n) is 8.49.